The van der Waals surface area contributed by atoms with Gasteiger partial charge in [-0.25, -0.2) is 9.97 Å². The van der Waals surface area contributed by atoms with Crippen LogP contribution < -0.4 is 10.6 Å². The van der Waals surface area contributed by atoms with Crippen LogP contribution in [0.3, 0.4) is 0 Å². The molecule has 0 unspecified atom stereocenters. The zero-order valence-electron chi connectivity index (χ0n) is 13.7. The molecule has 0 spiro atoms. The SMILES string of the molecule is CCc1ccccc1Nc1nc(-c2sc(NC(C)=O)nc2C)cs1. The molecule has 2 heterocycles. The molecule has 0 bridgehead atoms. The van der Waals surface area contributed by atoms with Crippen LogP contribution in [0.25, 0.3) is 10.6 Å². The lowest BCUT2D eigenvalue weighted by atomic mass is 10.1. The molecule has 124 valence electrons. The normalized spacial score (nSPS) is 10.6. The maximum absolute atomic E-state index is 11.2. The molecule has 3 rings (SSSR count). The molecular weight excluding hydrogens is 340 g/mol. The number of para-hydroxylation sites is 1. The molecule has 2 N–H and O–H groups in total. The fraction of sp³-hybridized carbons (Fsp3) is 0.235. The van der Waals surface area contributed by atoms with Crippen molar-refractivity contribution in [2.75, 3.05) is 10.6 Å². The van der Waals surface area contributed by atoms with E-state index in [1.54, 1.807) is 11.3 Å². The summed E-state index contributed by atoms with van der Waals surface area (Å²) in [6, 6.07) is 8.24. The van der Waals surface area contributed by atoms with Crippen LogP contribution in [0.15, 0.2) is 29.6 Å². The highest BCUT2D eigenvalue weighted by atomic mass is 32.1. The first-order chi connectivity index (χ1) is 11.6. The largest absolute Gasteiger partial charge is 0.331 e. The van der Waals surface area contributed by atoms with Crippen molar-refractivity contribution < 1.29 is 4.79 Å². The third kappa shape index (κ3) is 3.63. The number of nitrogens with zero attached hydrogens (tertiary/aromatic N) is 2. The predicted octanol–water partition coefficient (Wildman–Crippen LogP) is 4.84. The Balaban J connectivity index is 1.83. The van der Waals surface area contributed by atoms with Crippen molar-refractivity contribution in [1.29, 1.82) is 0 Å². The minimum Gasteiger partial charge on any atom is -0.331 e. The van der Waals surface area contributed by atoms with E-state index in [0.717, 1.165) is 33.5 Å². The number of hydrogen-bond acceptors (Lipinski definition) is 6. The average molecular weight is 358 g/mol. The van der Waals surface area contributed by atoms with E-state index in [1.165, 1.54) is 23.8 Å². The third-order valence-corrected chi connectivity index (χ3v) is 5.31. The number of carbonyl (C=O) groups excluding carboxylic acids is 1. The molecule has 0 aliphatic carbocycles. The van der Waals surface area contributed by atoms with Crippen LogP contribution in [0.2, 0.25) is 0 Å². The molecule has 1 aromatic carbocycles. The number of amides is 1. The van der Waals surface area contributed by atoms with Crippen LogP contribution in [0, 0.1) is 6.92 Å². The van der Waals surface area contributed by atoms with E-state index in [9.17, 15) is 4.79 Å². The van der Waals surface area contributed by atoms with Crippen LogP contribution in [0.1, 0.15) is 25.1 Å². The maximum atomic E-state index is 11.2. The molecule has 0 radical (unpaired) electrons. The van der Waals surface area contributed by atoms with Gasteiger partial charge >= 0.3 is 0 Å². The lowest BCUT2D eigenvalue weighted by Crippen LogP contribution is -2.04. The van der Waals surface area contributed by atoms with Crippen LogP contribution >= 0.6 is 22.7 Å². The van der Waals surface area contributed by atoms with Gasteiger partial charge < -0.3 is 10.6 Å². The van der Waals surface area contributed by atoms with Gasteiger partial charge in [0.2, 0.25) is 5.91 Å². The molecule has 0 aliphatic heterocycles. The molecule has 0 fully saturated rings. The Morgan fingerprint density at radius 3 is 2.75 bits per heavy atom. The monoisotopic (exact) mass is 358 g/mol. The second-order valence-electron chi connectivity index (χ2n) is 5.29. The van der Waals surface area contributed by atoms with Crippen molar-refractivity contribution in [3.05, 3.63) is 40.9 Å². The molecule has 3 aromatic rings. The van der Waals surface area contributed by atoms with Gasteiger partial charge in [0.1, 0.15) is 0 Å². The highest BCUT2D eigenvalue weighted by molar-refractivity contribution is 7.20. The predicted molar refractivity (Wildman–Crippen MR) is 101 cm³/mol. The number of anilines is 3. The lowest BCUT2D eigenvalue weighted by molar-refractivity contribution is -0.114. The third-order valence-electron chi connectivity index (χ3n) is 3.46. The van der Waals surface area contributed by atoms with Crippen molar-refractivity contribution in [2.45, 2.75) is 27.2 Å². The highest BCUT2D eigenvalue weighted by Gasteiger charge is 2.14. The smallest absolute Gasteiger partial charge is 0.223 e. The Morgan fingerprint density at radius 2 is 2.00 bits per heavy atom. The fourth-order valence-electron chi connectivity index (χ4n) is 2.34. The molecule has 24 heavy (non-hydrogen) atoms. The van der Waals surface area contributed by atoms with Crippen molar-refractivity contribution in [2.24, 2.45) is 0 Å². The lowest BCUT2D eigenvalue weighted by Gasteiger charge is -2.07. The number of thiazole rings is 2. The van der Waals surface area contributed by atoms with Gasteiger partial charge in [-0.3, -0.25) is 4.79 Å². The highest BCUT2D eigenvalue weighted by Crippen LogP contribution is 2.35. The molecule has 0 saturated carbocycles. The quantitative estimate of drug-likeness (QED) is 0.685. The zero-order valence-corrected chi connectivity index (χ0v) is 15.3. The van der Waals surface area contributed by atoms with Crippen LogP contribution in [-0.4, -0.2) is 15.9 Å². The number of aryl methyl sites for hydroxylation is 2. The Kier molecular flexibility index (Phi) is 4.92. The van der Waals surface area contributed by atoms with Gasteiger partial charge in [0.05, 0.1) is 16.3 Å². The van der Waals surface area contributed by atoms with Crippen molar-refractivity contribution >= 4 is 44.5 Å². The van der Waals surface area contributed by atoms with Gasteiger partial charge in [0, 0.05) is 18.0 Å². The standard InChI is InChI=1S/C17H18N4OS2/c1-4-12-7-5-6-8-13(12)20-16-21-14(9-23-16)15-10(2)18-17(24-15)19-11(3)22/h5-9H,4H2,1-3H3,(H,20,21)(H,18,19,22). The first-order valence-corrected chi connectivity index (χ1v) is 9.32. The Bertz CT molecular complexity index is 869. The van der Waals surface area contributed by atoms with Crippen LogP contribution in [0.5, 0.6) is 0 Å². The van der Waals surface area contributed by atoms with E-state index < -0.39 is 0 Å². The van der Waals surface area contributed by atoms with Crippen molar-refractivity contribution in [1.82, 2.24) is 9.97 Å². The summed E-state index contributed by atoms with van der Waals surface area (Å²) in [7, 11) is 0. The number of aromatic nitrogens is 2. The Hall–Kier alpha value is -2.25. The van der Waals surface area contributed by atoms with E-state index >= 15 is 0 Å². The van der Waals surface area contributed by atoms with Gasteiger partial charge in [0.25, 0.3) is 0 Å². The minimum absolute atomic E-state index is 0.118. The number of hydrogen-bond donors (Lipinski definition) is 2. The van der Waals surface area contributed by atoms with Gasteiger partial charge in [-0.2, -0.15) is 0 Å². The number of benzene rings is 1. The summed E-state index contributed by atoms with van der Waals surface area (Å²) in [5, 5.41) is 9.58. The minimum atomic E-state index is -0.118. The summed E-state index contributed by atoms with van der Waals surface area (Å²) < 4.78 is 0. The van der Waals surface area contributed by atoms with E-state index in [4.69, 9.17) is 0 Å². The molecule has 0 atom stereocenters. The van der Waals surface area contributed by atoms with Gasteiger partial charge in [-0.15, -0.1) is 11.3 Å². The molecule has 2 aromatic heterocycles. The first-order valence-electron chi connectivity index (χ1n) is 7.62. The Labute approximate surface area is 148 Å². The summed E-state index contributed by atoms with van der Waals surface area (Å²) in [6.07, 6.45) is 0.968. The zero-order chi connectivity index (χ0) is 17.1. The maximum Gasteiger partial charge on any atom is 0.223 e. The van der Waals surface area contributed by atoms with Crippen LogP contribution in [-0.2, 0) is 11.2 Å². The number of carbonyl (C=O) groups is 1. The van der Waals surface area contributed by atoms with Gasteiger partial charge in [0.15, 0.2) is 10.3 Å². The summed E-state index contributed by atoms with van der Waals surface area (Å²) >= 11 is 3.00. The average Bonchev–Trinajstić information content (AvgIpc) is 3.14. The van der Waals surface area contributed by atoms with Crippen molar-refractivity contribution in [3.8, 4) is 10.6 Å². The molecular formula is C17H18N4OS2. The van der Waals surface area contributed by atoms with E-state index in [0.29, 0.717) is 5.13 Å². The van der Waals surface area contributed by atoms with E-state index in [2.05, 4.69) is 39.7 Å². The Morgan fingerprint density at radius 1 is 1.21 bits per heavy atom. The molecule has 1 amide bonds. The van der Waals surface area contributed by atoms with Crippen LogP contribution in [0.4, 0.5) is 16.0 Å². The second-order valence-corrected chi connectivity index (χ2v) is 7.15. The second kappa shape index (κ2) is 7.11. The molecule has 0 saturated heterocycles. The van der Waals surface area contributed by atoms with E-state index in [1.807, 2.05) is 24.4 Å². The fourth-order valence-corrected chi connectivity index (χ4v) is 4.10. The summed E-state index contributed by atoms with van der Waals surface area (Å²) in [5.41, 5.74) is 4.09. The number of rotatable bonds is 5. The first kappa shape index (κ1) is 16.6. The van der Waals surface area contributed by atoms with E-state index in [-0.39, 0.29) is 5.91 Å². The summed E-state index contributed by atoms with van der Waals surface area (Å²) in [6.45, 7) is 5.54. The summed E-state index contributed by atoms with van der Waals surface area (Å²) in [5.74, 6) is -0.118. The number of nitrogens with one attached hydrogen (secondary N) is 2. The molecule has 7 heteroatoms. The molecule has 0 aliphatic rings. The topological polar surface area (TPSA) is 66.9 Å². The van der Waals surface area contributed by atoms with Crippen molar-refractivity contribution in [3.63, 3.8) is 0 Å². The summed E-state index contributed by atoms with van der Waals surface area (Å²) in [4.78, 5) is 21.2. The van der Waals surface area contributed by atoms with Gasteiger partial charge in [-0.1, -0.05) is 36.5 Å². The van der Waals surface area contributed by atoms with Gasteiger partial charge in [-0.05, 0) is 25.0 Å². The molecule has 5 nitrogen and oxygen atoms in total.